The van der Waals surface area contributed by atoms with E-state index < -0.39 is 5.97 Å². The van der Waals surface area contributed by atoms with Crippen molar-refractivity contribution in [1.82, 2.24) is 0 Å². The molecule has 0 amide bonds. The summed E-state index contributed by atoms with van der Waals surface area (Å²) in [5.41, 5.74) is 0. The summed E-state index contributed by atoms with van der Waals surface area (Å²) in [5.74, 6) is 0.135. The minimum atomic E-state index is -0.457. The maximum Gasteiger partial charge on any atom is 0.330 e. The molecule has 14 heavy (non-hydrogen) atoms. The second-order valence-corrected chi connectivity index (χ2v) is 2.23. The predicted molar refractivity (Wildman–Crippen MR) is 55.6 cm³/mol. The SMILES string of the molecule is C=C/C=C(\C=C)OCCOC(=O)C=C. The fourth-order valence-electron chi connectivity index (χ4n) is 0.652. The van der Waals surface area contributed by atoms with E-state index in [0.29, 0.717) is 5.76 Å². The van der Waals surface area contributed by atoms with Gasteiger partial charge in [-0.25, -0.2) is 4.79 Å². The standard InChI is InChI=1S/C11H14O3/c1-4-7-10(5-2)13-8-9-14-11(12)6-3/h4-7H,1-3,8-9H2/b10-7+. The second kappa shape index (κ2) is 7.86. The lowest BCUT2D eigenvalue weighted by Gasteiger charge is -2.05. The van der Waals surface area contributed by atoms with Crippen LogP contribution in [0.4, 0.5) is 0 Å². The Labute approximate surface area is 84.0 Å². The minimum Gasteiger partial charge on any atom is -0.490 e. The van der Waals surface area contributed by atoms with Gasteiger partial charge in [0.1, 0.15) is 19.0 Å². The lowest BCUT2D eigenvalue weighted by molar-refractivity contribution is -0.138. The summed E-state index contributed by atoms with van der Waals surface area (Å²) in [4.78, 5) is 10.6. The number of esters is 1. The van der Waals surface area contributed by atoms with Gasteiger partial charge in [0, 0.05) is 6.08 Å². The smallest absolute Gasteiger partial charge is 0.330 e. The molecule has 0 saturated carbocycles. The Morgan fingerprint density at radius 1 is 1.07 bits per heavy atom. The molecule has 3 nitrogen and oxygen atoms in total. The number of carbonyl (C=O) groups excluding carboxylic acids is 1. The van der Waals surface area contributed by atoms with E-state index in [1.807, 2.05) is 0 Å². The molecule has 3 heteroatoms. The summed E-state index contributed by atoms with van der Waals surface area (Å²) in [6.45, 7) is 10.8. The van der Waals surface area contributed by atoms with Gasteiger partial charge in [-0.1, -0.05) is 25.8 Å². The molecule has 0 N–H and O–H groups in total. The van der Waals surface area contributed by atoms with Gasteiger partial charge in [0.15, 0.2) is 0 Å². The van der Waals surface area contributed by atoms with Crippen LogP contribution in [0.2, 0.25) is 0 Å². The fraction of sp³-hybridized carbons (Fsp3) is 0.182. The second-order valence-electron chi connectivity index (χ2n) is 2.23. The maximum absolute atomic E-state index is 10.6. The van der Waals surface area contributed by atoms with Gasteiger partial charge in [-0.2, -0.15) is 0 Å². The highest BCUT2D eigenvalue weighted by Crippen LogP contribution is 1.98. The third kappa shape index (κ3) is 5.83. The van der Waals surface area contributed by atoms with Crippen molar-refractivity contribution in [3.05, 3.63) is 49.8 Å². The van der Waals surface area contributed by atoms with Gasteiger partial charge in [-0.3, -0.25) is 0 Å². The summed E-state index contributed by atoms with van der Waals surface area (Å²) in [6, 6.07) is 0. The van der Waals surface area contributed by atoms with Crippen molar-refractivity contribution < 1.29 is 14.3 Å². The molecular formula is C11H14O3. The van der Waals surface area contributed by atoms with Crippen LogP contribution in [0.5, 0.6) is 0 Å². The highest BCUT2D eigenvalue weighted by Gasteiger charge is 1.95. The Hall–Kier alpha value is -1.77. The first-order chi connectivity index (χ1) is 6.74. The lowest BCUT2D eigenvalue weighted by Crippen LogP contribution is -2.07. The van der Waals surface area contributed by atoms with Crippen LogP contribution in [-0.4, -0.2) is 19.2 Å². The average molecular weight is 194 g/mol. The van der Waals surface area contributed by atoms with E-state index in [4.69, 9.17) is 9.47 Å². The summed E-state index contributed by atoms with van der Waals surface area (Å²) < 4.78 is 9.88. The monoisotopic (exact) mass is 194 g/mol. The Morgan fingerprint density at radius 2 is 1.71 bits per heavy atom. The van der Waals surface area contributed by atoms with Crippen molar-refractivity contribution >= 4 is 5.97 Å². The van der Waals surface area contributed by atoms with E-state index in [1.54, 1.807) is 18.2 Å². The van der Waals surface area contributed by atoms with Gasteiger partial charge in [0.05, 0.1) is 0 Å². The fourth-order valence-corrected chi connectivity index (χ4v) is 0.652. The van der Waals surface area contributed by atoms with Crippen LogP contribution >= 0.6 is 0 Å². The molecule has 0 fully saturated rings. The van der Waals surface area contributed by atoms with E-state index in [2.05, 4.69) is 19.7 Å². The quantitative estimate of drug-likeness (QED) is 0.204. The molecule has 0 aliphatic rings. The van der Waals surface area contributed by atoms with Crippen molar-refractivity contribution in [2.24, 2.45) is 0 Å². The molecule has 0 spiro atoms. The molecule has 0 rings (SSSR count). The van der Waals surface area contributed by atoms with E-state index in [0.717, 1.165) is 6.08 Å². The topological polar surface area (TPSA) is 35.5 Å². The molecule has 0 radical (unpaired) electrons. The number of carbonyl (C=O) groups is 1. The van der Waals surface area contributed by atoms with Crippen LogP contribution in [0, 0.1) is 0 Å². The van der Waals surface area contributed by atoms with Crippen molar-refractivity contribution in [3.8, 4) is 0 Å². The van der Waals surface area contributed by atoms with E-state index in [9.17, 15) is 4.79 Å². The van der Waals surface area contributed by atoms with Crippen molar-refractivity contribution in [3.63, 3.8) is 0 Å². The van der Waals surface area contributed by atoms with Crippen LogP contribution in [0.3, 0.4) is 0 Å². The van der Waals surface area contributed by atoms with Gasteiger partial charge < -0.3 is 9.47 Å². The van der Waals surface area contributed by atoms with E-state index in [-0.39, 0.29) is 13.2 Å². The molecule has 0 aromatic heterocycles. The van der Waals surface area contributed by atoms with E-state index in [1.165, 1.54) is 0 Å². The van der Waals surface area contributed by atoms with Gasteiger partial charge in [0.25, 0.3) is 0 Å². The summed E-state index contributed by atoms with van der Waals surface area (Å²) in [7, 11) is 0. The molecule has 0 saturated heterocycles. The molecule has 0 heterocycles. The normalized spacial score (nSPS) is 10.1. The first-order valence-electron chi connectivity index (χ1n) is 4.11. The van der Waals surface area contributed by atoms with Crippen molar-refractivity contribution in [2.75, 3.05) is 13.2 Å². The van der Waals surface area contributed by atoms with Gasteiger partial charge in [-0.05, 0) is 12.2 Å². The third-order valence-corrected chi connectivity index (χ3v) is 1.25. The first-order valence-corrected chi connectivity index (χ1v) is 4.11. The number of hydrogen-bond donors (Lipinski definition) is 0. The number of hydrogen-bond acceptors (Lipinski definition) is 3. The molecular weight excluding hydrogens is 180 g/mol. The zero-order chi connectivity index (χ0) is 10.8. The van der Waals surface area contributed by atoms with Crippen molar-refractivity contribution in [1.29, 1.82) is 0 Å². The van der Waals surface area contributed by atoms with Crippen LogP contribution in [0.25, 0.3) is 0 Å². The number of allylic oxidation sites excluding steroid dienone is 3. The lowest BCUT2D eigenvalue weighted by atomic mass is 10.4. The highest BCUT2D eigenvalue weighted by atomic mass is 16.6. The molecule has 76 valence electrons. The minimum absolute atomic E-state index is 0.188. The van der Waals surface area contributed by atoms with Crippen LogP contribution in [-0.2, 0) is 14.3 Å². The molecule has 0 bridgehead atoms. The highest BCUT2D eigenvalue weighted by molar-refractivity contribution is 5.81. The number of rotatable bonds is 7. The van der Waals surface area contributed by atoms with Crippen molar-refractivity contribution in [2.45, 2.75) is 0 Å². The summed E-state index contributed by atoms with van der Waals surface area (Å²) >= 11 is 0. The van der Waals surface area contributed by atoms with E-state index >= 15 is 0 Å². The largest absolute Gasteiger partial charge is 0.490 e. The third-order valence-electron chi connectivity index (χ3n) is 1.25. The van der Waals surface area contributed by atoms with Gasteiger partial charge in [0.2, 0.25) is 0 Å². The molecule has 0 aliphatic carbocycles. The summed E-state index contributed by atoms with van der Waals surface area (Å²) in [6.07, 6.45) is 5.92. The first kappa shape index (κ1) is 12.2. The molecule has 0 unspecified atom stereocenters. The molecule has 0 aliphatic heterocycles. The molecule has 0 aromatic carbocycles. The van der Waals surface area contributed by atoms with Gasteiger partial charge >= 0.3 is 5.97 Å². The zero-order valence-corrected chi connectivity index (χ0v) is 8.07. The Kier molecular flexibility index (Phi) is 6.86. The Morgan fingerprint density at radius 3 is 2.21 bits per heavy atom. The Bertz CT molecular complexity index is 251. The van der Waals surface area contributed by atoms with Crippen LogP contribution in [0.1, 0.15) is 0 Å². The zero-order valence-electron chi connectivity index (χ0n) is 8.07. The summed E-state index contributed by atoms with van der Waals surface area (Å²) in [5, 5.41) is 0. The van der Waals surface area contributed by atoms with Crippen LogP contribution in [0.15, 0.2) is 49.8 Å². The van der Waals surface area contributed by atoms with Crippen LogP contribution < -0.4 is 0 Å². The number of ether oxygens (including phenoxy) is 2. The Balaban J connectivity index is 3.67. The average Bonchev–Trinajstić information content (AvgIpc) is 2.22. The predicted octanol–water partition coefficient (Wildman–Crippen LogP) is 1.99. The van der Waals surface area contributed by atoms with Gasteiger partial charge in [-0.15, -0.1) is 0 Å². The molecule has 0 aromatic rings. The molecule has 0 atom stereocenters. The maximum atomic E-state index is 10.6.